The second-order valence-corrected chi connectivity index (χ2v) is 7.38. The van der Waals surface area contributed by atoms with Gasteiger partial charge in [-0.05, 0) is 36.2 Å². The Labute approximate surface area is 200 Å². The molecule has 1 fully saturated rings. The molecule has 0 saturated carbocycles. The van der Waals surface area contributed by atoms with Gasteiger partial charge in [0.05, 0.1) is 19.4 Å². The minimum absolute atomic E-state index is 0. The fourth-order valence-corrected chi connectivity index (χ4v) is 3.12. The van der Waals surface area contributed by atoms with Gasteiger partial charge < -0.3 is 24.9 Å². The van der Waals surface area contributed by atoms with E-state index in [4.69, 9.17) is 4.42 Å². The Morgan fingerprint density at radius 2 is 1.97 bits per heavy atom. The van der Waals surface area contributed by atoms with Gasteiger partial charge in [0.15, 0.2) is 5.96 Å². The Morgan fingerprint density at radius 3 is 2.58 bits per heavy atom. The first kappa shape index (κ1) is 24.7. The summed E-state index contributed by atoms with van der Waals surface area (Å²) in [5.41, 5.74) is 1.95. The Bertz CT molecular complexity index is 866. The SMILES string of the molecule is CN(C)C(=O)CNC(=NCc1ccc(N2CCCC2=O)cc1)NCCc1ccco1.I. The van der Waals surface area contributed by atoms with Gasteiger partial charge in [-0.15, -0.1) is 24.0 Å². The number of amides is 2. The molecule has 0 atom stereocenters. The van der Waals surface area contributed by atoms with Crippen LogP contribution in [0.15, 0.2) is 52.1 Å². The number of furan rings is 1. The third-order valence-corrected chi connectivity index (χ3v) is 4.89. The maximum absolute atomic E-state index is 11.9. The lowest BCUT2D eigenvalue weighted by Gasteiger charge is -2.16. The lowest BCUT2D eigenvalue weighted by Crippen LogP contribution is -2.43. The van der Waals surface area contributed by atoms with E-state index in [0.29, 0.717) is 31.9 Å². The maximum Gasteiger partial charge on any atom is 0.241 e. The molecule has 2 heterocycles. The number of carbonyl (C=O) groups is 2. The molecule has 0 unspecified atom stereocenters. The highest BCUT2D eigenvalue weighted by Gasteiger charge is 2.21. The van der Waals surface area contributed by atoms with Crippen LogP contribution in [-0.2, 0) is 22.6 Å². The Hall–Kier alpha value is -2.56. The molecule has 168 valence electrons. The molecular weight excluding hydrogens is 509 g/mol. The van der Waals surface area contributed by atoms with E-state index in [1.807, 2.05) is 41.3 Å². The normalized spacial score (nSPS) is 13.7. The predicted molar refractivity (Wildman–Crippen MR) is 132 cm³/mol. The number of hydrogen-bond donors (Lipinski definition) is 2. The summed E-state index contributed by atoms with van der Waals surface area (Å²) in [7, 11) is 3.44. The number of benzene rings is 1. The fourth-order valence-electron chi connectivity index (χ4n) is 3.12. The highest BCUT2D eigenvalue weighted by atomic mass is 127. The van der Waals surface area contributed by atoms with E-state index in [-0.39, 0.29) is 42.3 Å². The van der Waals surface area contributed by atoms with Crippen LogP contribution in [0.3, 0.4) is 0 Å². The van der Waals surface area contributed by atoms with Crippen molar-refractivity contribution in [2.24, 2.45) is 4.99 Å². The minimum atomic E-state index is -0.0323. The summed E-state index contributed by atoms with van der Waals surface area (Å²) in [5.74, 6) is 1.60. The van der Waals surface area contributed by atoms with Gasteiger partial charge in [0.25, 0.3) is 0 Å². The number of carbonyl (C=O) groups excluding carboxylic acids is 2. The highest BCUT2D eigenvalue weighted by molar-refractivity contribution is 14.0. The summed E-state index contributed by atoms with van der Waals surface area (Å²) in [6.07, 6.45) is 3.90. The monoisotopic (exact) mass is 539 g/mol. The Kier molecular flexibility index (Phi) is 9.83. The van der Waals surface area contributed by atoms with Crippen molar-refractivity contribution in [3.05, 3.63) is 54.0 Å². The van der Waals surface area contributed by atoms with Crippen molar-refractivity contribution in [2.75, 3.05) is 38.6 Å². The van der Waals surface area contributed by atoms with Crippen LogP contribution in [0.2, 0.25) is 0 Å². The van der Waals surface area contributed by atoms with Crippen molar-refractivity contribution < 1.29 is 14.0 Å². The molecule has 1 saturated heterocycles. The predicted octanol–water partition coefficient (Wildman–Crippen LogP) is 2.39. The van der Waals surface area contributed by atoms with E-state index >= 15 is 0 Å². The summed E-state index contributed by atoms with van der Waals surface area (Å²) < 4.78 is 5.35. The molecule has 8 nitrogen and oxygen atoms in total. The highest BCUT2D eigenvalue weighted by Crippen LogP contribution is 2.21. The lowest BCUT2D eigenvalue weighted by molar-refractivity contribution is -0.127. The van der Waals surface area contributed by atoms with Crippen molar-refractivity contribution in [1.29, 1.82) is 0 Å². The number of guanidine groups is 1. The van der Waals surface area contributed by atoms with Crippen molar-refractivity contribution in [2.45, 2.75) is 25.8 Å². The minimum Gasteiger partial charge on any atom is -0.469 e. The first-order valence-electron chi connectivity index (χ1n) is 10.2. The zero-order valence-corrected chi connectivity index (χ0v) is 20.3. The third kappa shape index (κ3) is 7.57. The summed E-state index contributed by atoms with van der Waals surface area (Å²) in [6.45, 7) is 2.03. The molecule has 2 aromatic rings. The second-order valence-electron chi connectivity index (χ2n) is 7.38. The van der Waals surface area contributed by atoms with Gasteiger partial charge >= 0.3 is 0 Å². The quantitative estimate of drug-likeness (QED) is 0.306. The van der Waals surface area contributed by atoms with Gasteiger partial charge in [-0.25, -0.2) is 4.99 Å². The van der Waals surface area contributed by atoms with Crippen LogP contribution < -0.4 is 15.5 Å². The van der Waals surface area contributed by atoms with Crippen molar-refractivity contribution in [3.8, 4) is 0 Å². The van der Waals surface area contributed by atoms with Crippen LogP contribution in [0.1, 0.15) is 24.2 Å². The van der Waals surface area contributed by atoms with E-state index in [1.54, 1.807) is 20.4 Å². The standard InChI is InChI=1S/C22H29N5O3.HI/c1-26(2)21(29)16-25-22(23-12-11-19-5-4-14-30-19)24-15-17-7-9-18(10-8-17)27-13-3-6-20(27)28;/h4-5,7-10,14H,3,6,11-13,15-16H2,1-2H3,(H2,23,24,25);1H. The van der Waals surface area contributed by atoms with Crippen LogP contribution in [0, 0.1) is 0 Å². The second kappa shape index (κ2) is 12.3. The number of aliphatic imine (C=N–C) groups is 1. The molecule has 31 heavy (non-hydrogen) atoms. The number of nitrogens with zero attached hydrogens (tertiary/aromatic N) is 3. The molecule has 1 aromatic carbocycles. The lowest BCUT2D eigenvalue weighted by atomic mass is 10.2. The zero-order valence-electron chi connectivity index (χ0n) is 18.0. The molecule has 0 spiro atoms. The van der Waals surface area contributed by atoms with Crippen LogP contribution in [0.5, 0.6) is 0 Å². The zero-order chi connectivity index (χ0) is 21.3. The van der Waals surface area contributed by atoms with Crippen LogP contribution in [0.4, 0.5) is 5.69 Å². The fraction of sp³-hybridized carbons (Fsp3) is 0.409. The van der Waals surface area contributed by atoms with E-state index < -0.39 is 0 Å². The maximum atomic E-state index is 11.9. The number of nitrogens with one attached hydrogen (secondary N) is 2. The molecule has 9 heteroatoms. The van der Waals surface area contributed by atoms with Gasteiger partial charge in [0.2, 0.25) is 11.8 Å². The average molecular weight is 539 g/mol. The molecule has 0 radical (unpaired) electrons. The molecule has 0 aliphatic carbocycles. The van der Waals surface area contributed by atoms with Gasteiger partial charge in [0.1, 0.15) is 5.76 Å². The summed E-state index contributed by atoms with van der Waals surface area (Å²) >= 11 is 0. The average Bonchev–Trinajstić information content (AvgIpc) is 3.41. The van der Waals surface area contributed by atoms with Crippen LogP contribution in [0.25, 0.3) is 0 Å². The number of halogens is 1. The van der Waals surface area contributed by atoms with Gasteiger partial charge in [0, 0.05) is 45.7 Å². The molecule has 2 N–H and O–H groups in total. The Morgan fingerprint density at radius 1 is 1.19 bits per heavy atom. The number of likely N-dealkylation sites (N-methyl/N-ethyl adjacent to an activating group) is 1. The van der Waals surface area contributed by atoms with Gasteiger partial charge in [-0.2, -0.15) is 0 Å². The van der Waals surface area contributed by atoms with Crippen LogP contribution in [-0.4, -0.2) is 56.4 Å². The first-order valence-corrected chi connectivity index (χ1v) is 10.2. The molecule has 2 amide bonds. The Balaban J connectivity index is 0.00000341. The van der Waals surface area contributed by atoms with Crippen molar-refractivity contribution >= 4 is 47.4 Å². The van der Waals surface area contributed by atoms with Crippen molar-refractivity contribution in [3.63, 3.8) is 0 Å². The first-order chi connectivity index (χ1) is 14.5. The van der Waals surface area contributed by atoms with E-state index in [2.05, 4.69) is 15.6 Å². The number of anilines is 1. The van der Waals surface area contributed by atoms with E-state index in [0.717, 1.165) is 30.0 Å². The van der Waals surface area contributed by atoms with E-state index in [1.165, 1.54) is 4.90 Å². The molecule has 0 bridgehead atoms. The summed E-state index contributed by atoms with van der Waals surface area (Å²) in [4.78, 5) is 31.7. The van der Waals surface area contributed by atoms with Gasteiger partial charge in [-0.3, -0.25) is 9.59 Å². The summed E-state index contributed by atoms with van der Waals surface area (Å²) in [6, 6.07) is 11.7. The number of rotatable bonds is 8. The van der Waals surface area contributed by atoms with E-state index in [9.17, 15) is 9.59 Å². The number of hydrogen-bond acceptors (Lipinski definition) is 4. The molecule has 3 rings (SSSR count). The van der Waals surface area contributed by atoms with Crippen molar-refractivity contribution in [1.82, 2.24) is 15.5 Å². The molecule has 1 aliphatic rings. The van der Waals surface area contributed by atoms with Gasteiger partial charge in [-0.1, -0.05) is 12.1 Å². The largest absolute Gasteiger partial charge is 0.469 e. The van der Waals surface area contributed by atoms with Crippen LogP contribution >= 0.6 is 24.0 Å². The molecule has 1 aliphatic heterocycles. The summed E-state index contributed by atoms with van der Waals surface area (Å²) in [5, 5.41) is 6.32. The smallest absolute Gasteiger partial charge is 0.241 e. The third-order valence-electron chi connectivity index (χ3n) is 4.89. The molecular formula is C22H30IN5O3. The topological polar surface area (TPSA) is 90.2 Å². The molecule has 1 aromatic heterocycles.